The molecule has 182 valence electrons. The van der Waals surface area contributed by atoms with E-state index in [1.807, 2.05) is 65.0 Å². The molecule has 0 spiro atoms. The van der Waals surface area contributed by atoms with Gasteiger partial charge in [0.2, 0.25) is 0 Å². The number of rotatable bonds is 7. The van der Waals surface area contributed by atoms with Crippen molar-refractivity contribution in [2.24, 2.45) is 5.92 Å². The van der Waals surface area contributed by atoms with Gasteiger partial charge in [0.05, 0.1) is 22.9 Å². The summed E-state index contributed by atoms with van der Waals surface area (Å²) < 4.78 is 11.6. The summed E-state index contributed by atoms with van der Waals surface area (Å²) >= 11 is 6.12. The highest BCUT2D eigenvalue weighted by Crippen LogP contribution is 2.30. The Bertz CT molecular complexity index is 1170. The molecule has 1 atom stereocenters. The molecule has 0 aliphatic carbocycles. The lowest BCUT2D eigenvalue weighted by Gasteiger charge is -2.33. The van der Waals surface area contributed by atoms with Crippen molar-refractivity contribution >= 4 is 28.6 Å². The van der Waals surface area contributed by atoms with Gasteiger partial charge < -0.3 is 14.8 Å². The number of pyridine rings is 2. The minimum absolute atomic E-state index is 0.295. The zero-order valence-electron chi connectivity index (χ0n) is 21.0. The van der Waals surface area contributed by atoms with Crippen molar-refractivity contribution in [3.8, 4) is 17.0 Å². The van der Waals surface area contributed by atoms with E-state index >= 15 is 0 Å². The van der Waals surface area contributed by atoms with E-state index in [4.69, 9.17) is 21.1 Å². The van der Waals surface area contributed by atoms with Crippen LogP contribution in [0.5, 0.6) is 5.75 Å². The molecule has 2 heterocycles. The van der Waals surface area contributed by atoms with Gasteiger partial charge >= 0.3 is 6.09 Å². The van der Waals surface area contributed by atoms with E-state index in [2.05, 4.69) is 29.1 Å². The summed E-state index contributed by atoms with van der Waals surface area (Å²) in [4.78, 5) is 21.5. The topological polar surface area (TPSA) is 73.3 Å². The molecule has 3 rings (SSSR count). The van der Waals surface area contributed by atoms with Crippen molar-refractivity contribution in [2.75, 3.05) is 6.61 Å². The molecule has 0 radical (unpaired) electrons. The van der Waals surface area contributed by atoms with Crippen molar-refractivity contribution in [1.82, 2.24) is 15.3 Å². The second kappa shape index (κ2) is 10.2. The number of fused-ring (bicyclic) bond motifs is 1. The predicted octanol–water partition coefficient (Wildman–Crippen LogP) is 6.97. The SMILES string of the molecule is Cc1cc(-c2ccnc3cc(Cl)ccc23)ncc1OCC(C)(CC(C)C)NC(=O)OC(C)(C)C. The fourth-order valence-corrected chi connectivity index (χ4v) is 4.19. The number of amides is 1. The molecule has 1 amide bonds. The zero-order valence-corrected chi connectivity index (χ0v) is 21.8. The number of aromatic nitrogens is 2. The third-order valence-corrected chi connectivity index (χ3v) is 5.49. The van der Waals surface area contributed by atoms with Gasteiger partial charge in [0.25, 0.3) is 0 Å². The highest BCUT2D eigenvalue weighted by molar-refractivity contribution is 6.31. The number of carbonyl (C=O) groups is 1. The Labute approximate surface area is 207 Å². The molecule has 6 nitrogen and oxygen atoms in total. The predicted molar refractivity (Wildman–Crippen MR) is 137 cm³/mol. The molecule has 0 saturated carbocycles. The lowest BCUT2D eigenvalue weighted by atomic mass is 9.91. The van der Waals surface area contributed by atoms with Crippen molar-refractivity contribution in [2.45, 2.75) is 66.0 Å². The molecule has 0 saturated heterocycles. The molecule has 34 heavy (non-hydrogen) atoms. The van der Waals surface area contributed by atoms with Crippen LogP contribution in [0.4, 0.5) is 4.79 Å². The second-order valence-corrected chi connectivity index (χ2v) is 10.9. The number of halogens is 1. The van der Waals surface area contributed by atoms with Crippen LogP contribution < -0.4 is 10.1 Å². The average molecular weight is 484 g/mol. The van der Waals surface area contributed by atoms with E-state index in [0.29, 0.717) is 23.3 Å². The van der Waals surface area contributed by atoms with Gasteiger partial charge in [-0.2, -0.15) is 0 Å². The smallest absolute Gasteiger partial charge is 0.408 e. The van der Waals surface area contributed by atoms with Gasteiger partial charge in [0.1, 0.15) is 18.0 Å². The summed E-state index contributed by atoms with van der Waals surface area (Å²) in [7, 11) is 0. The molecule has 0 aliphatic heterocycles. The van der Waals surface area contributed by atoms with Gasteiger partial charge in [-0.3, -0.25) is 9.97 Å². The first-order chi connectivity index (χ1) is 15.8. The lowest BCUT2D eigenvalue weighted by molar-refractivity contribution is 0.0407. The molecule has 1 unspecified atom stereocenters. The van der Waals surface area contributed by atoms with E-state index in [-0.39, 0.29) is 0 Å². The molecule has 1 N–H and O–H groups in total. The summed E-state index contributed by atoms with van der Waals surface area (Å²) in [5.74, 6) is 1.03. The molecular formula is C27H34ClN3O3. The first-order valence-electron chi connectivity index (χ1n) is 11.5. The average Bonchev–Trinajstić information content (AvgIpc) is 2.70. The Kier molecular flexibility index (Phi) is 7.71. The van der Waals surface area contributed by atoms with E-state index in [0.717, 1.165) is 34.1 Å². The number of ether oxygens (including phenoxy) is 2. The Balaban J connectivity index is 1.80. The zero-order chi connectivity index (χ0) is 25.1. The summed E-state index contributed by atoms with van der Waals surface area (Å²) in [5, 5.41) is 4.64. The highest BCUT2D eigenvalue weighted by Gasteiger charge is 2.31. The molecule has 1 aromatic carbocycles. The van der Waals surface area contributed by atoms with Crippen LogP contribution >= 0.6 is 11.6 Å². The lowest BCUT2D eigenvalue weighted by Crippen LogP contribution is -2.52. The van der Waals surface area contributed by atoms with Crippen LogP contribution in [0.15, 0.2) is 42.7 Å². The number of hydrogen-bond donors (Lipinski definition) is 1. The quantitative estimate of drug-likeness (QED) is 0.393. The molecule has 3 aromatic rings. The van der Waals surface area contributed by atoms with Crippen molar-refractivity contribution < 1.29 is 14.3 Å². The number of alkyl carbamates (subject to hydrolysis) is 1. The van der Waals surface area contributed by atoms with Gasteiger partial charge in [-0.1, -0.05) is 31.5 Å². The van der Waals surface area contributed by atoms with E-state index < -0.39 is 17.2 Å². The molecular weight excluding hydrogens is 450 g/mol. The van der Waals surface area contributed by atoms with Crippen LogP contribution in [-0.2, 0) is 4.74 Å². The summed E-state index contributed by atoms with van der Waals surface area (Å²) in [6.45, 7) is 14.0. The number of nitrogens with zero attached hydrogens (tertiary/aromatic N) is 2. The maximum Gasteiger partial charge on any atom is 0.408 e. The van der Waals surface area contributed by atoms with Crippen molar-refractivity contribution in [3.05, 3.63) is 53.3 Å². The Morgan fingerprint density at radius 1 is 1.12 bits per heavy atom. The normalized spacial score (nSPS) is 13.6. The molecule has 0 bridgehead atoms. The Hall–Kier alpha value is -2.86. The molecule has 2 aromatic heterocycles. The number of nitrogens with one attached hydrogen (secondary N) is 1. The molecule has 0 fully saturated rings. The van der Waals surface area contributed by atoms with Crippen LogP contribution in [-0.4, -0.2) is 33.8 Å². The van der Waals surface area contributed by atoms with Crippen LogP contribution in [0.3, 0.4) is 0 Å². The maximum absolute atomic E-state index is 12.4. The fraction of sp³-hybridized carbons (Fsp3) is 0.444. The van der Waals surface area contributed by atoms with Gasteiger partial charge in [-0.15, -0.1) is 0 Å². The van der Waals surface area contributed by atoms with Crippen LogP contribution in [0, 0.1) is 12.8 Å². The number of hydrogen-bond acceptors (Lipinski definition) is 5. The van der Waals surface area contributed by atoms with Gasteiger partial charge in [-0.05, 0) is 76.8 Å². The van der Waals surface area contributed by atoms with Crippen molar-refractivity contribution in [3.63, 3.8) is 0 Å². The van der Waals surface area contributed by atoms with Crippen LogP contribution in [0.2, 0.25) is 5.02 Å². The summed E-state index contributed by atoms with van der Waals surface area (Å²) in [6, 6.07) is 9.61. The first-order valence-corrected chi connectivity index (χ1v) is 11.9. The highest BCUT2D eigenvalue weighted by atomic mass is 35.5. The Morgan fingerprint density at radius 3 is 2.50 bits per heavy atom. The van der Waals surface area contributed by atoms with E-state index in [1.165, 1.54) is 0 Å². The van der Waals surface area contributed by atoms with Crippen molar-refractivity contribution in [1.29, 1.82) is 0 Å². The fourth-order valence-electron chi connectivity index (χ4n) is 4.02. The largest absolute Gasteiger partial charge is 0.489 e. The first kappa shape index (κ1) is 25.8. The van der Waals surface area contributed by atoms with Crippen LogP contribution in [0.1, 0.15) is 53.5 Å². The number of carbonyl (C=O) groups excluding carboxylic acids is 1. The standard InChI is InChI=1S/C27H34ClN3O3/c1-17(2)14-27(7,31-25(32)34-26(4,5)6)16-33-24-15-30-22(12-18(24)3)21-10-11-29-23-13-19(28)8-9-20(21)23/h8-13,15,17H,14,16H2,1-7H3,(H,31,32). The number of benzene rings is 1. The molecule has 7 heteroatoms. The third-order valence-electron chi connectivity index (χ3n) is 5.25. The van der Waals surface area contributed by atoms with Crippen LogP contribution in [0.25, 0.3) is 22.2 Å². The van der Waals surface area contributed by atoms with Gasteiger partial charge in [-0.25, -0.2) is 4.79 Å². The minimum Gasteiger partial charge on any atom is -0.489 e. The summed E-state index contributed by atoms with van der Waals surface area (Å²) in [6.07, 6.45) is 3.78. The minimum atomic E-state index is -0.595. The molecule has 0 aliphatic rings. The van der Waals surface area contributed by atoms with Gasteiger partial charge in [0.15, 0.2) is 0 Å². The van der Waals surface area contributed by atoms with Gasteiger partial charge in [0, 0.05) is 22.2 Å². The summed E-state index contributed by atoms with van der Waals surface area (Å²) in [5.41, 5.74) is 2.42. The van der Waals surface area contributed by atoms with E-state index in [9.17, 15) is 4.79 Å². The Morgan fingerprint density at radius 2 is 1.85 bits per heavy atom. The monoisotopic (exact) mass is 483 g/mol. The number of aryl methyl sites for hydroxylation is 1. The third kappa shape index (κ3) is 6.83. The second-order valence-electron chi connectivity index (χ2n) is 10.4. The van der Waals surface area contributed by atoms with E-state index in [1.54, 1.807) is 12.4 Å². The maximum atomic E-state index is 12.4.